The Morgan fingerprint density at radius 1 is 1.23 bits per heavy atom. The molecular weight excluding hydrogens is 378 g/mol. The molecule has 2 amide bonds. The lowest BCUT2D eigenvalue weighted by atomic mass is 10.1. The molecule has 0 saturated carbocycles. The van der Waals surface area contributed by atoms with Crippen molar-refractivity contribution in [2.24, 2.45) is 0 Å². The van der Waals surface area contributed by atoms with Crippen molar-refractivity contribution in [2.45, 2.75) is 32.9 Å². The largest absolute Gasteiger partial charge is 0.354 e. The predicted octanol–water partition coefficient (Wildman–Crippen LogP) is 1.47. The minimum absolute atomic E-state index is 0.175. The molecule has 7 nitrogen and oxygen atoms in total. The highest BCUT2D eigenvalue weighted by Gasteiger charge is 2.28. The summed E-state index contributed by atoms with van der Waals surface area (Å²) >= 11 is 5.88. The molecule has 1 aromatic carbocycles. The molecule has 0 bridgehead atoms. The van der Waals surface area contributed by atoms with Gasteiger partial charge in [-0.25, -0.2) is 8.42 Å². The predicted molar refractivity (Wildman–Crippen MR) is 102 cm³/mol. The van der Waals surface area contributed by atoms with Crippen LogP contribution in [0.1, 0.15) is 25.8 Å². The van der Waals surface area contributed by atoms with Crippen molar-refractivity contribution < 1.29 is 18.0 Å². The molecule has 9 heteroatoms. The van der Waals surface area contributed by atoms with Crippen molar-refractivity contribution in [1.82, 2.24) is 14.5 Å². The van der Waals surface area contributed by atoms with Crippen LogP contribution in [0.2, 0.25) is 5.02 Å². The normalized spacial score (nSPS) is 12.7. The first-order valence-corrected chi connectivity index (χ1v) is 10.5. The quantitative estimate of drug-likeness (QED) is 0.676. The van der Waals surface area contributed by atoms with Crippen LogP contribution in [0.4, 0.5) is 0 Å². The van der Waals surface area contributed by atoms with Gasteiger partial charge in [0.2, 0.25) is 21.8 Å². The molecule has 1 aromatic rings. The van der Waals surface area contributed by atoms with E-state index in [-0.39, 0.29) is 19.0 Å². The molecule has 0 heterocycles. The van der Waals surface area contributed by atoms with Crippen molar-refractivity contribution in [3.63, 3.8) is 0 Å². The number of hydrogen-bond acceptors (Lipinski definition) is 4. The Kier molecular flexibility index (Phi) is 8.52. The number of hydrogen-bond donors (Lipinski definition) is 1. The molecule has 1 atom stereocenters. The van der Waals surface area contributed by atoms with E-state index in [1.54, 1.807) is 31.2 Å². The molecule has 0 aliphatic heterocycles. The minimum atomic E-state index is -3.50. The summed E-state index contributed by atoms with van der Waals surface area (Å²) in [6.45, 7) is 3.91. The fourth-order valence-corrected chi connectivity index (χ4v) is 2.63. The minimum Gasteiger partial charge on any atom is -0.354 e. The molecular formula is C17H26ClN3O4S. The summed E-state index contributed by atoms with van der Waals surface area (Å²) < 4.78 is 24.1. The van der Waals surface area contributed by atoms with Crippen molar-refractivity contribution in [3.8, 4) is 0 Å². The maximum absolute atomic E-state index is 12.7. The Bertz CT molecular complexity index is 722. The molecule has 1 rings (SSSR count). The zero-order chi connectivity index (χ0) is 19.9. The van der Waals surface area contributed by atoms with Gasteiger partial charge >= 0.3 is 0 Å². The molecule has 146 valence electrons. The van der Waals surface area contributed by atoms with Crippen LogP contribution < -0.4 is 5.32 Å². The van der Waals surface area contributed by atoms with Gasteiger partial charge in [-0.15, -0.1) is 0 Å². The molecule has 0 fully saturated rings. The summed E-state index contributed by atoms with van der Waals surface area (Å²) in [4.78, 5) is 26.4. The van der Waals surface area contributed by atoms with E-state index in [1.165, 1.54) is 11.9 Å². The Morgan fingerprint density at radius 3 is 2.31 bits per heavy atom. The molecule has 0 radical (unpaired) electrons. The second kappa shape index (κ2) is 9.89. The molecule has 0 aliphatic rings. The summed E-state index contributed by atoms with van der Waals surface area (Å²) in [6, 6.07) is 6.19. The van der Waals surface area contributed by atoms with E-state index in [0.717, 1.165) is 22.5 Å². The number of carbonyl (C=O) groups is 2. The number of likely N-dealkylation sites (N-methyl/N-ethyl adjacent to an activating group) is 1. The lowest BCUT2D eigenvalue weighted by molar-refractivity contribution is -0.140. The van der Waals surface area contributed by atoms with Gasteiger partial charge in [0, 0.05) is 25.2 Å². The van der Waals surface area contributed by atoms with Crippen molar-refractivity contribution in [3.05, 3.63) is 34.9 Å². The highest BCUT2D eigenvalue weighted by molar-refractivity contribution is 7.88. The first-order valence-electron chi connectivity index (χ1n) is 8.29. The number of benzene rings is 1. The van der Waals surface area contributed by atoms with Crippen LogP contribution in [-0.4, -0.2) is 61.9 Å². The van der Waals surface area contributed by atoms with E-state index >= 15 is 0 Å². The van der Waals surface area contributed by atoms with E-state index in [9.17, 15) is 18.0 Å². The highest BCUT2D eigenvalue weighted by Crippen LogP contribution is 2.14. The van der Waals surface area contributed by atoms with Gasteiger partial charge in [0.25, 0.3) is 0 Å². The van der Waals surface area contributed by atoms with Gasteiger partial charge in [0.15, 0.2) is 0 Å². The topological polar surface area (TPSA) is 86.8 Å². The van der Waals surface area contributed by atoms with E-state index in [4.69, 9.17) is 11.6 Å². The Hall–Kier alpha value is -1.64. The summed E-state index contributed by atoms with van der Waals surface area (Å²) in [5.74, 6) is -0.733. The fourth-order valence-electron chi connectivity index (χ4n) is 2.16. The lowest BCUT2D eigenvalue weighted by Gasteiger charge is -2.30. The van der Waals surface area contributed by atoms with Crippen molar-refractivity contribution in [2.75, 3.05) is 26.4 Å². The van der Waals surface area contributed by atoms with Gasteiger partial charge in [0.05, 0.1) is 12.8 Å². The maximum atomic E-state index is 12.7. The van der Waals surface area contributed by atoms with Gasteiger partial charge in [-0.05, 0) is 31.0 Å². The van der Waals surface area contributed by atoms with Crippen molar-refractivity contribution >= 4 is 33.4 Å². The van der Waals surface area contributed by atoms with Crippen LogP contribution in [0.15, 0.2) is 24.3 Å². The van der Waals surface area contributed by atoms with E-state index in [1.807, 2.05) is 6.92 Å². The number of nitrogens with zero attached hydrogens (tertiary/aromatic N) is 2. The number of sulfonamides is 1. The summed E-state index contributed by atoms with van der Waals surface area (Å²) in [7, 11) is -2.17. The average Bonchev–Trinajstić information content (AvgIpc) is 2.57. The Labute approximate surface area is 160 Å². The summed E-state index contributed by atoms with van der Waals surface area (Å²) in [5.41, 5.74) is 0.792. The van der Waals surface area contributed by atoms with Crippen LogP contribution in [0.25, 0.3) is 0 Å². The third kappa shape index (κ3) is 6.93. The fraction of sp³-hybridized carbons (Fsp3) is 0.529. The van der Waals surface area contributed by atoms with Crippen LogP contribution in [-0.2, 0) is 26.2 Å². The Morgan fingerprint density at radius 2 is 1.81 bits per heavy atom. The van der Waals surface area contributed by atoms with Crippen LogP contribution >= 0.6 is 11.6 Å². The molecule has 0 spiro atoms. The second-order valence-electron chi connectivity index (χ2n) is 6.13. The van der Waals surface area contributed by atoms with Gasteiger partial charge in [-0.1, -0.05) is 30.7 Å². The zero-order valence-corrected chi connectivity index (χ0v) is 17.1. The highest BCUT2D eigenvalue weighted by atomic mass is 35.5. The van der Waals surface area contributed by atoms with E-state index < -0.39 is 22.0 Å². The molecule has 0 unspecified atom stereocenters. The summed E-state index contributed by atoms with van der Waals surface area (Å²) in [6.07, 6.45) is 1.81. The Balaban J connectivity index is 3.01. The molecule has 0 saturated heterocycles. The van der Waals surface area contributed by atoms with Crippen LogP contribution in [0.5, 0.6) is 0 Å². The van der Waals surface area contributed by atoms with Gasteiger partial charge in [0.1, 0.15) is 6.04 Å². The van der Waals surface area contributed by atoms with Crippen LogP contribution in [0, 0.1) is 0 Å². The number of nitrogens with one attached hydrogen (secondary N) is 1. The van der Waals surface area contributed by atoms with Gasteiger partial charge < -0.3 is 10.2 Å². The number of carbonyl (C=O) groups excluding carboxylic acids is 2. The maximum Gasteiger partial charge on any atom is 0.242 e. The first-order chi connectivity index (χ1) is 12.1. The first kappa shape index (κ1) is 22.4. The molecule has 26 heavy (non-hydrogen) atoms. The smallest absolute Gasteiger partial charge is 0.242 e. The number of rotatable bonds is 9. The zero-order valence-electron chi connectivity index (χ0n) is 15.5. The monoisotopic (exact) mass is 403 g/mol. The average molecular weight is 404 g/mol. The van der Waals surface area contributed by atoms with Gasteiger partial charge in [-0.3, -0.25) is 9.59 Å². The molecule has 1 N–H and O–H groups in total. The standard InChI is InChI=1S/C17H26ClN3O4S/c1-5-10-19-17(23)13(2)21(11-14-6-8-15(18)9-7-14)16(22)12-20(3)26(4,24)25/h6-9,13H,5,10-12H2,1-4H3,(H,19,23)/t13-/m0/s1. The SMILES string of the molecule is CCCNC(=O)[C@H](C)N(Cc1ccc(Cl)cc1)C(=O)CN(C)S(C)(=O)=O. The second-order valence-corrected chi connectivity index (χ2v) is 8.66. The molecule has 0 aromatic heterocycles. The van der Waals surface area contributed by atoms with E-state index in [0.29, 0.717) is 11.6 Å². The van der Waals surface area contributed by atoms with Crippen LogP contribution in [0.3, 0.4) is 0 Å². The van der Waals surface area contributed by atoms with Gasteiger partial charge in [-0.2, -0.15) is 4.31 Å². The third-order valence-electron chi connectivity index (χ3n) is 3.91. The van der Waals surface area contributed by atoms with E-state index in [2.05, 4.69) is 5.32 Å². The summed E-state index contributed by atoms with van der Waals surface area (Å²) in [5, 5.41) is 3.33. The number of amides is 2. The van der Waals surface area contributed by atoms with Crippen molar-refractivity contribution in [1.29, 1.82) is 0 Å². The lowest BCUT2D eigenvalue weighted by Crippen LogP contribution is -2.50. The third-order valence-corrected chi connectivity index (χ3v) is 5.42. The molecule has 0 aliphatic carbocycles. The number of halogens is 1.